The molecule has 0 fully saturated rings. The van der Waals surface area contributed by atoms with Gasteiger partial charge in [0.25, 0.3) is 5.91 Å². The number of amides is 1. The third-order valence-corrected chi connectivity index (χ3v) is 4.53. The molecule has 1 aromatic rings. The second-order valence-corrected chi connectivity index (χ2v) is 7.44. The number of sulfone groups is 1. The van der Waals surface area contributed by atoms with E-state index in [9.17, 15) is 18.0 Å². The molecule has 116 valence electrons. The quantitative estimate of drug-likeness (QED) is 0.774. The van der Waals surface area contributed by atoms with Crippen LogP contribution in [-0.4, -0.2) is 49.7 Å². The minimum atomic E-state index is -3.32. The van der Waals surface area contributed by atoms with Gasteiger partial charge < -0.3 is 10.4 Å². The summed E-state index contributed by atoms with van der Waals surface area (Å²) < 4.78 is 22.6. The average Bonchev–Trinajstić information content (AvgIpc) is 2.42. The van der Waals surface area contributed by atoms with Crippen molar-refractivity contribution < 1.29 is 23.1 Å². The Hall–Kier alpha value is -1.54. The van der Waals surface area contributed by atoms with Gasteiger partial charge in [0.2, 0.25) is 0 Å². The lowest BCUT2D eigenvalue weighted by Gasteiger charge is -2.14. The molecule has 2 N–H and O–H groups in total. The van der Waals surface area contributed by atoms with Crippen molar-refractivity contribution in [3.8, 4) is 0 Å². The Labute approximate surface area is 127 Å². The molecule has 1 aromatic carbocycles. The number of thioether (sulfide) groups is 1. The lowest BCUT2D eigenvalue weighted by Crippen LogP contribution is -2.41. The molecule has 21 heavy (non-hydrogen) atoms. The number of carboxylic acid groups (broad SMARTS) is 1. The molecule has 0 radical (unpaired) electrons. The van der Waals surface area contributed by atoms with Crippen LogP contribution in [0.2, 0.25) is 0 Å². The van der Waals surface area contributed by atoms with Crippen LogP contribution in [0.1, 0.15) is 16.8 Å². The van der Waals surface area contributed by atoms with Gasteiger partial charge in [0.05, 0.1) is 4.90 Å². The molecular weight excluding hydrogens is 314 g/mol. The molecule has 0 aliphatic carbocycles. The second kappa shape index (κ2) is 7.46. The topological polar surface area (TPSA) is 101 Å². The molecule has 1 amide bonds. The number of carboxylic acids is 1. The maximum absolute atomic E-state index is 12.0. The predicted octanol–water partition coefficient (Wildman–Crippen LogP) is 1.03. The van der Waals surface area contributed by atoms with E-state index in [1.165, 1.54) is 36.0 Å². The van der Waals surface area contributed by atoms with E-state index < -0.39 is 27.8 Å². The fraction of sp³-hybridized carbons (Fsp3) is 0.385. The zero-order valence-electron chi connectivity index (χ0n) is 11.7. The molecule has 8 heteroatoms. The van der Waals surface area contributed by atoms with Crippen molar-refractivity contribution in [1.29, 1.82) is 0 Å². The summed E-state index contributed by atoms with van der Waals surface area (Å²) in [5.41, 5.74) is 0.220. The van der Waals surface area contributed by atoms with E-state index in [4.69, 9.17) is 5.11 Å². The molecule has 0 aliphatic rings. The molecule has 0 unspecified atom stereocenters. The highest BCUT2D eigenvalue weighted by Crippen LogP contribution is 2.11. The zero-order valence-corrected chi connectivity index (χ0v) is 13.3. The van der Waals surface area contributed by atoms with Crippen LogP contribution in [0.15, 0.2) is 29.2 Å². The molecule has 0 bridgehead atoms. The van der Waals surface area contributed by atoms with Crippen LogP contribution in [0.3, 0.4) is 0 Å². The Bertz CT molecular complexity index is 610. The van der Waals surface area contributed by atoms with Crippen LogP contribution in [0.5, 0.6) is 0 Å². The lowest BCUT2D eigenvalue weighted by atomic mass is 10.1. The third kappa shape index (κ3) is 5.39. The minimum absolute atomic E-state index is 0.108. The first-order chi connectivity index (χ1) is 9.75. The largest absolute Gasteiger partial charge is 0.480 e. The lowest BCUT2D eigenvalue weighted by molar-refractivity contribution is -0.139. The van der Waals surface area contributed by atoms with Crippen molar-refractivity contribution in [1.82, 2.24) is 5.32 Å². The molecule has 0 heterocycles. The highest BCUT2D eigenvalue weighted by molar-refractivity contribution is 7.98. The Balaban J connectivity index is 2.81. The highest BCUT2D eigenvalue weighted by atomic mass is 32.2. The zero-order chi connectivity index (χ0) is 16.0. The third-order valence-electron chi connectivity index (χ3n) is 2.76. The predicted molar refractivity (Wildman–Crippen MR) is 81.4 cm³/mol. The molecular formula is C13H17NO5S2. The average molecular weight is 331 g/mol. The van der Waals surface area contributed by atoms with Crippen LogP contribution in [-0.2, 0) is 14.6 Å². The van der Waals surface area contributed by atoms with Crippen molar-refractivity contribution in [3.05, 3.63) is 29.8 Å². The molecule has 0 saturated heterocycles. The molecule has 0 saturated carbocycles. The SMILES string of the molecule is CSCC[C@@H](NC(=O)c1ccc(S(C)(=O)=O)cc1)C(=O)O. The van der Waals surface area contributed by atoms with E-state index in [1.807, 2.05) is 6.26 Å². The highest BCUT2D eigenvalue weighted by Gasteiger charge is 2.20. The van der Waals surface area contributed by atoms with Gasteiger partial charge in [-0.05, 0) is 42.7 Å². The standard InChI is InChI=1S/C13H17NO5S2/c1-20-8-7-11(13(16)17)14-12(15)9-3-5-10(6-4-9)21(2,18)19/h3-6,11H,7-8H2,1-2H3,(H,14,15)(H,16,17)/t11-/m1/s1. The first-order valence-electron chi connectivity index (χ1n) is 6.08. The van der Waals surface area contributed by atoms with Crippen molar-refractivity contribution in [2.24, 2.45) is 0 Å². The summed E-state index contributed by atoms with van der Waals surface area (Å²) in [6.45, 7) is 0. The summed E-state index contributed by atoms with van der Waals surface area (Å²) in [7, 11) is -3.32. The van der Waals surface area contributed by atoms with Crippen molar-refractivity contribution in [3.63, 3.8) is 0 Å². The maximum Gasteiger partial charge on any atom is 0.326 e. The summed E-state index contributed by atoms with van der Waals surface area (Å²) in [5.74, 6) is -1.02. The second-order valence-electron chi connectivity index (χ2n) is 4.44. The van der Waals surface area contributed by atoms with Crippen molar-refractivity contribution in [2.75, 3.05) is 18.3 Å². The fourth-order valence-electron chi connectivity index (χ4n) is 1.59. The van der Waals surface area contributed by atoms with Gasteiger partial charge in [0.15, 0.2) is 9.84 Å². The number of nitrogens with one attached hydrogen (secondary N) is 1. The van der Waals surface area contributed by atoms with Crippen LogP contribution in [0, 0.1) is 0 Å². The van der Waals surface area contributed by atoms with Gasteiger partial charge >= 0.3 is 5.97 Å². The number of rotatable bonds is 7. The van der Waals surface area contributed by atoms with Gasteiger partial charge in [-0.1, -0.05) is 0 Å². The molecule has 6 nitrogen and oxygen atoms in total. The Morgan fingerprint density at radius 1 is 1.29 bits per heavy atom. The van der Waals surface area contributed by atoms with Crippen molar-refractivity contribution in [2.45, 2.75) is 17.4 Å². The van der Waals surface area contributed by atoms with Gasteiger partial charge in [0, 0.05) is 11.8 Å². The summed E-state index contributed by atoms with van der Waals surface area (Å²) in [6.07, 6.45) is 3.25. The fourth-order valence-corrected chi connectivity index (χ4v) is 2.69. The molecule has 0 aliphatic heterocycles. The number of hydrogen-bond acceptors (Lipinski definition) is 5. The van der Waals surface area contributed by atoms with E-state index in [2.05, 4.69) is 5.32 Å². The summed E-state index contributed by atoms with van der Waals surface area (Å²) in [6, 6.07) is 4.40. The van der Waals surface area contributed by atoms with E-state index in [-0.39, 0.29) is 10.5 Å². The van der Waals surface area contributed by atoms with E-state index in [1.54, 1.807) is 0 Å². The number of hydrogen-bond donors (Lipinski definition) is 2. The number of aliphatic carboxylic acids is 1. The maximum atomic E-state index is 12.0. The summed E-state index contributed by atoms with van der Waals surface area (Å²) >= 11 is 1.49. The molecule has 0 spiro atoms. The van der Waals surface area contributed by atoms with Crippen LogP contribution in [0.25, 0.3) is 0 Å². The summed E-state index contributed by atoms with van der Waals surface area (Å²) in [4.78, 5) is 23.1. The van der Waals surface area contributed by atoms with Gasteiger partial charge in [-0.25, -0.2) is 13.2 Å². The Kier molecular flexibility index (Phi) is 6.22. The Morgan fingerprint density at radius 3 is 2.29 bits per heavy atom. The van der Waals surface area contributed by atoms with E-state index in [0.717, 1.165) is 6.26 Å². The van der Waals surface area contributed by atoms with Gasteiger partial charge in [0.1, 0.15) is 6.04 Å². The van der Waals surface area contributed by atoms with Gasteiger partial charge in [-0.2, -0.15) is 11.8 Å². The number of carbonyl (C=O) groups is 2. The minimum Gasteiger partial charge on any atom is -0.480 e. The van der Waals surface area contributed by atoms with Gasteiger partial charge in [-0.15, -0.1) is 0 Å². The van der Waals surface area contributed by atoms with Crippen LogP contribution < -0.4 is 5.32 Å². The number of carbonyl (C=O) groups excluding carboxylic acids is 1. The first-order valence-corrected chi connectivity index (χ1v) is 9.37. The van der Waals surface area contributed by atoms with Gasteiger partial charge in [-0.3, -0.25) is 4.79 Å². The smallest absolute Gasteiger partial charge is 0.326 e. The van der Waals surface area contributed by atoms with Crippen molar-refractivity contribution >= 4 is 33.5 Å². The molecule has 1 rings (SSSR count). The molecule has 0 aromatic heterocycles. The van der Waals surface area contributed by atoms with E-state index >= 15 is 0 Å². The normalized spacial score (nSPS) is 12.7. The Morgan fingerprint density at radius 2 is 1.86 bits per heavy atom. The molecule has 1 atom stereocenters. The summed E-state index contributed by atoms with van der Waals surface area (Å²) in [5, 5.41) is 11.5. The first kappa shape index (κ1) is 17.5. The monoisotopic (exact) mass is 331 g/mol. The number of benzene rings is 1. The van der Waals surface area contributed by atoms with E-state index in [0.29, 0.717) is 12.2 Å². The van der Waals surface area contributed by atoms with Crippen LogP contribution in [0.4, 0.5) is 0 Å². The van der Waals surface area contributed by atoms with Crippen LogP contribution >= 0.6 is 11.8 Å².